The number of H-pyrrole nitrogens is 2. The number of benzene rings is 2. The molecule has 6 nitrogen and oxygen atoms in total. The zero-order valence-corrected chi connectivity index (χ0v) is 16.3. The summed E-state index contributed by atoms with van der Waals surface area (Å²) in [7, 11) is 0. The first kappa shape index (κ1) is 18.4. The molecule has 0 spiro atoms. The largest absolute Gasteiger partial charge is 0.489 e. The van der Waals surface area contributed by atoms with E-state index in [1.807, 2.05) is 0 Å². The summed E-state index contributed by atoms with van der Waals surface area (Å²) in [5.41, 5.74) is 1.13. The van der Waals surface area contributed by atoms with Crippen LogP contribution in [0.25, 0.3) is 16.7 Å². The van der Waals surface area contributed by atoms with Gasteiger partial charge < -0.3 is 9.72 Å². The molecule has 4 rings (SSSR count). The number of halogens is 2. The fraction of sp³-hybridized carbons (Fsp3) is 0.100. The molecule has 0 fully saturated rings. The Labute approximate surface area is 169 Å². The molecule has 0 aliphatic heterocycles. The van der Waals surface area contributed by atoms with E-state index in [1.165, 1.54) is 4.68 Å². The summed E-state index contributed by atoms with van der Waals surface area (Å²) in [5, 5.41) is 4.28. The Morgan fingerprint density at radius 3 is 2.46 bits per heavy atom. The predicted octanol–water partition coefficient (Wildman–Crippen LogP) is 4.20. The minimum atomic E-state index is -0.322. The first-order valence-electron chi connectivity index (χ1n) is 8.45. The molecule has 2 aromatic carbocycles. The smallest absolute Gasteiger partial charge is 0.281 e. The topological polar surface area (TPSA) is 79.9 Å². The van der Waals surface area contributed by atoms with Crippen LogP contribution >= 0.6 is 23.2 Å². The van der Waals surface area contributed by atoms with E-state index in [9.17, 15) is 9.59 Å². The molecule has 2 heterocycles. The van der Waals surface area contributed by atoms with Crippen molar-refractivity contribution in [1.29, 1.82) is 0 Å². The highest BCUT2D eigenvalue weighted by Gasteiger charge is 2.18. The standard InChI is InChI=1S/C20H15Cl2N3O3/c1-11-14(10-28-13-8-6-12(21)7-9-13)17-18(23-19(11)26)24-25(20(17)27)16-5-3-2-4-15(16)22/h2-9H,10H2,1H3,(H2,23,24,26). The molecule has 142 valence electrons. The van der Waals surface area contributed by atoms with Crippen LogP contribution in [0.3, 0.4) is 0 Å². The first-order valence-corrected chi connectivity index (χ1v) is 9.21. The summed E-state index contributed by atoms with van der Waals surface area (Å²) in [5.74, 6) is 0.583. The van der Waals surface area contributed by atoms with Crippen LogP contribution in [0.1, 0.15) is 11.1 Å². The minimum absolute atomic E-state index is 0.0590. The van der Waals surface area contributed by atoms with Crippen LogP contribution < -0.4 is 15.9 Å². The van der Waals surface area contributed by atoms with Crippen LogP contribution in [-0.2, 0) is 6.61 Å². The van der Waals surface area contributed by atoms with E-state index in [1.54, 1.807) is 55.5 Å². The van der Waals surface area contributed by atoms with Crippen LogP contribution in [0, 0.1) is 6.92 Å². The van der Waals surface area contributed by atoms with Gasteiger partial charge in [0.25, 0.3) is 11.1 Å². The second-order valence-electron chi connectivity index (χ2n) is 6.25. The first-order chi connectivity index (χ1) is 13.5. The highest BCUT2D eigenvalue weighted by Crippen LogP contribution is 2.22. The number of para-hydroxylation sites is 1. The van der Waals surface area contributed by atoms with Gasteiger partial charge in [0.2, 0.25) is 0 Å². The second-order valence-corrected chi connectivity index (χ2v) is 7.10. The number of pyridine rings is 1. The van der Waals surface area contributed by atoms with E-state index in [-0.39, 0.29) is 17.7 Å². The minimum Gasteiger partial charge on any atom is -0.489 e. The third-order valence-electron chi connectivity index (χ3n) is 4.51. The molecule has 0 radical (unpaired) electrons. The second kappa shape index (κ2) is 7.22. The number of nitrogens with zero attached hydrogens (tertiary/aromatic N) is 1. The SMILES string of the molecule is Cc1c(COc2ccc(Cl)cc2)c2c(=O)n(-c3ccccc3Cl)[nH]c2[nH]c1=O. The van der Waals surface area contributed by atoms with Gasteiger partial charge in [0.05, 0.1) is 16.1 Å². The molecular weight excluding hydrogens is 401 g/mol. The van der Waals surface area contributed by atoms with Crippen molar-refractivity contribution >= 4 is 34.2 Å². The van der Waals surface area contributed by atoms with Gasteiger partial charge in [-0.2, -0.15) is 0 Å². The third kappa shape index (κ3) is 3.21. The third-order valence-corrected chi connectivity index (χ3v) is 5.09. The summed E-state index contributed by atoms with van der Waals surface area (Å²) in [4.78, 5) is 28.2. The van der Waals surface area contributed by atoms with Crippen LogP contribution in [0.5, 0.6) is 5.75 Å². The van der Waals surface area contributed by atoms with E-state index in [0.29, 0.717) is 43.6 Å². The van der Waals surface area contributed by atoms with Gasteiger partial charge in [-0.25, -0.2) is 4.68 Å². The van der Waals surface area contributed by atoms with Crippen LogP contribution in [0.4, 0.5) is 0 Å². The van der Waals surface area contributed by atoms with E-state index in [0.717, 1.165) is 0 Å². The molecular formula is C20H15Cl2N3O3. The average molecular weight is 416 g/mol. The fourth-order valence-corrected chi connectivity index (χ4v) is 3.36. The maximum atomic E-state index is 13.1. The molecule has 0 saturated heterocycles. The van der Waals surface area contributed by atoms with Gasteiger partial charge in [-0.1, -0.05) is 35.3 Å². The van der Waals surface area contributed by atoms with Gasteiger partial charge in [0.1, 0.15) is 18.0 Å². The predicted molar refractivity (Wildman–Crippen MR) is 110 cm³/mol. The van der Waals surface area contributed by atoms with Crippen molar-refractivity contribution in [3.05, 3.63) is 90.4 Å². The lowest BCUT2D eigenvalue weighted by atomic mass is 10.1. The van der Waals surface area contributed by atoms with Crippen molar-refractivity contribution < 1.29 is 4.74 Å². The highest BCUT2D eigenvalue weighted by molar-refractivity contribution is 6.32. The molecule has 0 aliphatic carbocycles. The Morgan fingerprint density at radius 1 is 1.04 bits per heavy atom. The van der Waals surface area contributed by atoms with Gasteiger partial charge in [-0.3, -0.25) is 14.7 Å². The van der Waals surface area contributed by atoms with Crippen LogP contribution in [0.2, 0.25) is 10.0 Å². The lowest BCUT2D eigenvalue weighted by Gasteiger charge is -2.09. The zero-order chi connectivity index (χ0) is 19.8. The summed E-state index contributed by atoms with van der Waals surface area (Å²) in [6.45, 7) is 1.72. The number of hydrogen-bond donors (Lipinski definition) is 2. The monoisotopic (exact) mass is 415 g/mol. The molecule has 8 heteroatoms. The lowest BCUT2D eigenvalue weighted by Crippen LogP contribution is -2.18. The molecule has 0 atom stereocenters. The molecule has 2 aromatic heterocycles. The molecule has 0 saturated carbocycles. The quantitative estimate of drug-likeness (QED) is 0.523. The maximum Gasteiger partial charge on any atom is 0.281 e. The summed E-state index contributed by atoms with van der Waals surface area (Å²) in [6, 6.07) is 13.8. The van der Waals surface area contributed by atoms with Crippen molar-refractivity contribution in [1.82, 2.24) is 14.8 Å². The van der Waals surface area contributed by atoms with Gasteiger partial charge in [0, 0.05) is 16.1 Å². The van der Waals surface area contributed by atoms with Crippen molar-refractivity contribution in [3.63, 3.8) is 0 Å². The Kier molecular flexibility index (Phi) is 4.75. The lowest BCUT2D eigenvalue weighted by molar-refractivity contribution is 0.306. The molecule has 4 aromatic rings. The van der Waals surface area contributed by atoms with E-state index in [2.05, 4.69) is 10.1 Å². The molecule has 28 heavy (non-hydrogen) atoms. The molecule has 0 aliphatic rings. The fourth-order valence-electron chi connectivity index (χ4n) is 3.01. The Balaban J connectivity index is 1.84. The Bertz CT molecular complexity index is 1290. The number of hydrogen-bond acceptors (Lipinski definition) is 3. The van der Waals surface area contributed by atoms with Crippen LogP contribution in [0.15, 0.2) is 58.1 Å². The van der Waals surface area contributed by atoms with E-state index < -0.39 is 0 Å². The van der Waals surface area contributed by atoms with E-state index >= 15 is 0 Å². The van der Waals surface area contributed by atoms with E-state index in [4.69, 9.17) is 27.9 Å². The number of ether oxygens (including phenoxy) is 1. The zero-order valence-electron chi connectivity index (χ0n) is 14.8. The number of aromatic nitrogens is 3. The maximum absolute atomic E-state index is 13.1. The molecule has 0 unspecified atom stereocenters. The van der Waals surface area contributed by atoms with Crippen molar-refractivity contribution in [2.45, 2.75) is 13.5 Å². The van der Waals surface area contributed by atoms with Crippen molar-refractivity contribution in [2.24, 2.45) is 0 Å². The summed E-state index contributed by atoms with van der Waals surface area (Å²) < 4.78 is 7.10. The van der Waals surface area contributed by atoms with Crippen molar-refractivity contribution in [3.8, 4) is 11.4 Å². The molecule has 0 bridgehead atoms. The molecule has 0 amide bonds. The number of nitrogens with one attached hydrogen (secondary N) is 2. The summed E-state index contributed by atoms with van der Waals surface area (Å²) >= 11 is 12.1. The Morgan fingerprint density at radius 2 is 1.75 bits per heavy atom. The Hall–Kier alpha value is -2.96. The van der Waals surface area contributed by atoms with Crippen LogP contribution in [-0.4, -0.2) is 14.8 Å². The number of rotatable bonds is 4. The normalized spacial score (nSPS) is 11.1. The molecule has 2 N–H and O–H groups in total. The highest BCUT2D eigenvalue weighted by atomic mass is 35.5. The van der Waals surface area contributed by atoms with Crippen molar-refractivity contribution in [2.75, 3.05) is 0 Å². The average Bonchev–Trinajstić information content (AvgIpc) is 3.00. The number of fused-ring (bicyclic) bond motifs is 1. The van der Waals surface area contributed by atoms with Gasteiger partial charge >= 0.3 is 0 Å². The number of aromatic amines is 2. The van der Waals surface area contributed by atoms with Gasteiger partial charge in [0.15, 0.2) is 0 Å². The van der Waals surface area contributed by atoms with Gasteiger partial charge in [-0.05, 0) is 43.3 Å². The summed E-state index contributed by atoms with van der Waals surface area (Å²) in [6.07, 6.45) is 0. The van der Waals surface area contributed by atoms with Gasteiger partial charge in [-0.15, -0.1) is 0 Å².